The molecule has 0 heterocycles. The van der Waals surface area contributed by atoms with Crippen LogP contribution in [0.1, 0.15) is 111 Å². The Morgan fingerprint density at radius 1 is 0.148 bits per heavy atom. The molecule has 490 valence electrons. The van der Waals surface area contributed by atoms with Gasteiger partial charge in [0.05, 0.1) is 68.2 Å². The van der Waals surface area contributed by atoms with Crippen LogP contribution >= 0.6 is 0 Å². The molecule has 0 N–H and O–H groups in total. The number of rotatable bonds is 3. The number of fused-ring (bicyclic) bond motifs is 40. The summed E-state index contributed by atoms with van der Waals surface area (Å²) in [6, 6.07) is 131. The predicted octanol–water partition coefficient (Wildman–Crippen LogP) is 23.5. The molecule has 0 amide bonds. The Bertz CT molecular complexity index is 7090. The molecule has 4 spiro atoms. The summed E-state index contributed by atoms with van der Waals surface area (Å²) in [4.78, 5) is 0. The summed E-state index contributed by atoms with van der Waals surface area (Å²) in [6.07, 6.45) is 0. The lowest BCUT2D eigenvalue weighted by Crippen LogP contribution is -2.26. The number of benzene rings is 16. The lowest BCUT2D eigenvalue weighted by Gasteiger charge is -2.32. The third kappa shape index (κ3) is 6.82. The van der Waals surface area contributed by atoms with Crippen LogP contribution in [0.25, 0.3) is 122 Å². The minimum Gasteiger partial charge on any atom is -0.192 e. The smallest absolute Gasteiger partial charge is 0.0991 e. The Labute approximate surface area is 624 Å². The largest absolute Gasteiger partial charge is 0.192 e. The molecule has 8 aliphatic rings. The van der Waals surface area contributed by atoms with E-state index in [4.69, 9.17) is 0 Å². The highest BCUT2D eigenvalue weighted by molar-refractivity contribution is 6.08. The highest BCUT2D eigenvalue weighted by atomic mass is 14.6. The molecule has 0 saturated heterocycles. The Morgan fingerprint density at radius 3 is 0.704 bits per heavy atom. The van der Waals surface area contributed by atoms with Crippen LogP contribution in [0.3, 0.4) is 0 Å². The van der Waals surface area contributed by atoms with Crippen LogP contribution < -0.4 is 0 Å². The first-order valence-corrected chi connectivity index (χ1v) is 37.0. The average Bonchev–Trinajstić information content (AvgIpc) is 1.52. The van der Waals surface area contributed by atoms with Crippen molar-refractivity contribution in [3.8, 4) is 147 Å². The van der Waals surface area contributed by atoms with Gasteiger partial charge >= 0.3 is 0 Å². The van der Waals surface area contributed by atoms with E-state index in [-0.39, 0.29) is 0 Å². The first-order valence-electron chi connectivity index (χ1n) is 37.0. The molecule has 16 aromatic rings. The van der Waals surface area contributed by atoms with Gasteiger partial charge in [0.25, 0.3) is 0 Å². The summed E-state index contributed by atoms with van der Waals surface area (Å²) in [5, 5.41) is 43.3. The van der Waals surface area contributed by atoms with Crippen molar-refractivity contribution in [1.29, 1.82) is 21.0 Å². The fourth-order valence-corrected chi connectivity index (χ4v) is 22.2. The van der Waals surface area contributed by atoms with Crippen molar-refractivity contribution in [2.45, 2.75) is 21.7 Å². The maximum absolute atomic E-state index is 11.1. The van der Waals surface area contributed by atoms with Gasteiger partial charge in [0.2, 0.25) is 0 Å². The number of nitriles is 4. The fraction of sp³-hybridized carbons (Fsp3) is 0.0385. The van der Waals surface area contributed by atoms with Crippen molar-refractivity contribution in [3.05, 3.63) is 439 Å². The molecule has 3 unspecified atom stereocenters. The third-order valence-corrected chi connectivity index (χ3v) is 26.0. The van der Waals surface area contributed by atoms with Crippen molar-refractivity contribution >= 4 is 0 Å². The molecule has 4 heteroatoms. The minimum absolute atomic E-state index is 0.599. The molecule has 0 fully saturated rings. The zero-order valence-corrected chi connectivity index (χ0v) is 58.0. The Hall–Kier alpha value is -14.5. The lowest BCUT2D eigenvalue weighted by atomic mass is 9.69. The topological polar surface area (TPSA) is 95.2 Å². The number of nitrogens with zero attached hydrogens (tertiary/aromatic N) is 4. The summed E-state index contributed by atoms with van der Waals surface area (Å²) < 4.78 is 0. The van der Waals surface area contributed by atoms with E-state index in [1.807, 2.05) is 24.3 Å². The van der Waals surface area contributed by atoms with Crippen LogP contribution in [0.4, 0.5) is 0 Å². The van der Waals surface area contributed by atoms with E-state index >= 15 is 0 Å². The SMILES string of the molecule is N#Cc1ccc2c(c1)C1(c3ccccc3-2)c2ccccc2-c2ccc(-c3cc(-c4cccc5c4-c4ccccc4C54c5cc(C#N)ccc5-c5ccc(-c6ccc7c(c6)C6(c8ccccc8-c8ccccc86)c6cc(C#N)ccc6-7)cc54)c4c(c3)C3(c5ccccc5-c5ccc(C#N)cc53)c3ccccc3-4)cc21. The van der Waals surface area contributed by atoms with E-state index in [2.05, 4.69) is 328 Å². The molecular weight excluding hydrogens is 1310 g/mol. The molecular formula is C104H54N4. The van der Waals surface area contributed by atoms with Crippen LogP contribution in [0.15, 0.2) is 328 Å². The third-order valence-electron chi connectivity index (χ3n) is 26.0. The zero-order valence-electron chi connectivity index (χ0n) is 58.0. The summed E-state index contributed by atoms with van der Waals surface area (Å²) in [5.41, 5.74) is 42.8. The summed E-state index contributed by atoms with van der Waals surface area (Å²) in [6.45, 7) is 0. The summed E-state index contributed by atoms with van der Waals surface area (Å²) >= 11 is 0. The highest BCUT2D eigenvalue weighted by Gasteiger charge is 2.58. The molecule has 3 atom stereocenters. The van der Waals surface area contributed by atoms with Gasteiger partial charge in [-0.15, -0.1) is 0 Å². The molecule has 0 aliphatic heterocycles. The molecule has 0 aromatic heterocycles. The van der Waals surface area contributed by atoms with Gasteiger partial charge in [-0.2, -0.15) is 21.0 Å². The second-order valence-corrected chi connectivity index (χ2v) is 30.3. The maximum atomic E-state index is 11.1. The lowest BCUT2D eigenvalue weighted by molar-refractivity contribution is 0.792. The fourth-order valence-electron chi connectivity index (χ4n) is 22.2. The van der Waals surface area contributed by atoms with Gasteiger partial charge in [-0.1, -0.05) is 249 Å². The van der Waals surface area contributed by atoms with Crippen molar-refractivity contribution < 1.29 is 0 Å². The van der Waals surface area contributed by atoms with E-state index < -0.39 is 21.7 Å². The van der Waals surface area contributed by atoms with E-state index in [1.165, 1.54) is 72.3 Å². The van der Waals surface area contributed by atoms with Gasteiger partial charge in [-0.05, 0) is 290 Å². The first kappa shape index (κ1) is 58.9. The monoisotopic (exact) mass is 1360 g/mol. The second-order valence-electron chi connectivity index (χ2n) is 30.3. The molecule has 0 radical (unpaired) electrons. The van der Waals surface area contributed by atoms with Gasteiger partial charge in [0.15, 0.2) is 0 Å². The highest BCUT2D eigenvalue weighted by Crippen LogP contribution is 2.71. The Balaban J connectivity index is 0.774. The van der Waals surface area contributed by atoms with Crippen LogP contribution in [0, 0.1) is 45.3 Å². The first-order chi connectivity index (χ1) is 53.3. The van der Waals surface area contributed by atoms with E-state index in [0.29, 0.717) is 22.3 Å². The number of hydrogen-bond acceptors (Lipinski definition) is 4. The van der Waals surface area contributed by atoms with Gasteiger partial charge in [0, 0.05) is 0 Å². The Morgan fingerprint density at radius 2 is 0.370 bits per heavy atom. The van der Waals surface area contributed by atoms with Crippen molar-refractivity contribution in [3.63, 3.8) is 0 Å². The molecule has 0 bridgehead atoms. The van der Waals surface area contributed by atoms with Crippen LogP contribution in [-0.2, 0) is 21.7 Å². The van der Waals surface area contributed by atoms with Crippen LogP contribution in [-0.4, -0.2) is 0 Å². The predicted molar refractivity (Wildman–Crippen MR) is 427 cm³/mol. The van der Waals surface area contributed by atoms with E-state index in [1.54, 1.807) is 0 Å². The van der Waals surface area contributed by atoms with Gasteiger partial charge in [0.1, 0.15) is 0 Å². The van der Waals surface area contributed by atoms with Crippen LogP contribution in [0.5, 0.6) is 0 Å². The van der Waals surface area contributed by atoms with E-state index in [0.717, 1.165) is 139 Å². The van der Waals surface area contributed by atoms with Gasteiger partial charge in [-0.25, -0.2) is 0 Å². The molecule has 0 saturated carbocycles. The zero-order chi connectivity index (χ0) is 71.3. The summed E-state index contributed by atoms with van der Waals surface area (Å²) in [5.74, 6) is 0. The second kappa shape index (κ2) is 20.7. The Kier molecular flexibility index (Phi) is 11.3. The van der Waals surface area contributed by atoms with Crippen molar-refractivity contribution in [1.82, 2.24) is 0 Å². The van der Waals surface area contributed by atoms with E-state index in [9.17, 15) is 21.0 Å². The minimum atomic E-state index is -0.889. The van der Waals surface area contributed by atoms with Gasteiger partial charge in [-0.3, -0.25) is 0 Å². The van der Waals surface area contributed by atoms with Gasteiger partial charge < -0.3 is 0 Å². The molecule has 16 aromatic carbocycles. The van der Waals surface area contributed by atoms with Crippen molar-refractivity contribution in [2.75, 3.05) is 0 Å². The molecule has 8 aliphatic carbocycles. The quantitative estimate of drug-likeness (QED) is 0.176. The maximum Gasteiger partial charge on any atom is 0.0991 e. The molecule has 24 rings (SSSR count). The van der Waals surface area contributed by atoms with Crippen molar-refractivity contribution in [2.24, 2.45) is 0 Å². The summed E-state index contributed by atoms with van der Waals surface area (Å²) in [7, 11) is 0. The molecule has 108 heavy (non-hydrogen) atoms. The number of hydrogen-bond donors (Lipinski definition) is 0. The normalized spacial score (nSPS) is 17.4. The van der Waals surface area contributed by atoms with Crippen LogP contribution in [0.2, 0.25) is 0 Å². The average molecular weight is 1360 g/mol. The molecule has 4 nitrogen and oxygen atoms in total. The standard InChI is InChI=1S/C104H54N4/c105-55-59-32-39-72-69-18-3-10-26-85(69)102(91(72)46-59)86-27-11-4-20-71(86)76-45-38-65(53-96(76)102)66-50-82(100-81-22-7-13-29-88(81)103(98(100)54-66)87-28-12-5-19-70(87)73-40-33-61(57-107)48-93(73)103)79-23-15-31-90-99(79)80-21-6-14-30-89(80)104(90)94-49-62(58-108)35-42-75(94)78-44-37-64(52-97(78)104)63-36-43-77-74-41-34-60(56-106)47-92(74)101(95(77)51-63)83-24-8-1-16-67(83)68-17-2-9-25-84(68)101/h1-54H.